The second-order valence-electron chi connectivity index (χ2n) is 5.32. The summed E-state index contributed by atoms with van der Waals surface area (Å²) < 4.78 is 0. The van der Waals surface area contributed by atoms with E-state index in [1.807, 2.05) is 13.8 Å². The summed E-state index contributed by atoms with van der Waals surface area (Å²) in [6, 6.07) is 2.24. The summed E-state index contributed by atoms with van der Waals surface area (Å²) in [5.74, 6) is -0.153. The van der Waals surface area contributed by atoms with E-state index in [1.54, 1.807) is 0 Å². The Hall–Kier alpha value is -1.08. The Morgan fingerprint density at radius 1 is 1.41 bits per heavy atom. The minimum absolute atomic E-state index is 0.0603. The van der Waals surface area contributed by atoms with Crippen LogP contribution >= 0.6 is 0 Å². The predicted octanol–water partition coefficient (Wildman–Crippen LogP) is 1.74. The SMILES string of the molecule is CC(C)C(O)CC(=O)NC1(C#N)CCCCC1. The molecule has 1 saturated carbocycles. The van der Waals surface area contributed by atoms with E-state index in [-0.39, 0.29) is 18.2 Å². The van der Waals surface area contributed by atoms with Gasteiger partial charge in [-0.25, -0.2) is 0 Å². The van der Waals surface area contributed by atoms with Gasteiger partial charge in [-0.15, -0.1) is 0 Å². The Balaban J connectivity index is 2.51. The van der Waals surface area contributed by atoms with Crippen LogP contribution in [-0.2, 0) is 4.79 Å². The van der Waals surface area contributed by atoms with Crippen LogP contribution in [0.5, 0.6) is 0 Å². The molecule has 1 aliphatic rings. The lowest BCUT2D eigenvalue weighted by atomic mass is 9.82. The average Bonchev–Trinajstić information content (AvgIpc) is 2.29. The maximum atomic E-state index is 11.8. The average molecular weight is 238 g/mol. The van der Waals surface area contributed by atoms with E-state index in [4.69, 9.17) is 0 Å². The van der Waals surface area contributed by atoms with Gasteiger partial charge in [0.1, 0.15) is 5.54 Å². The molecule has 96 valence electrons. The van der Waals surface area contributed by atoms with E-state index < -0.39 is 11.6 Å². The zero-order valence-electron chi connectivity index (χ0n) is 10.7. The van der Waals surface area contributed by atoms with Gasteiger partial charge in [-0.3, -0.25) is 4.79 Å². The molecule has 1 unspecified atom stereocenters. The molecule has 0 aliphatic heterocycles. The number of rotatable bonds is 4. The number of aliphatic hydroxyl groups excluding tert-OH is 1. The fourth-order valence-electron chi connectivity index (χ4n) is 2.16. The molecular formula is C13H22N2O2. The lowest BCUT2D eigenvalue weighted by molar-refractivity contribution is -0.125. The van der Waals surface area contributed by atoms with Gasteiger partial charge in [-0.1, -0.05) is 33.1 Å². The van der Waals surface area contributed by atoms with Crippen molar-refractivity contribution in [3.05, 3.63) is 0 Å². The van der Waals surface area contributed by atoms with Crippen LogP contribution in [0.2, 0.25) is 0 Å². The second kappa shape index (κ2) is 6.02. The van der Waals surface area contributed by atoms with Crippen molar-refractivity contribution < 1.29 is 9.90 Å². The first-order valence-electron chi connectivity index (χ1n) is 6.39. The summed E-state index contributed by atoms with van der Waals surface area (Å²) in [6.45, 7) is 3.75. The molecule has 0 radical (unpaired) electrons. The number of hydrogen-bond acceptors (Lipinski definition) is 3. The summed E-state index contributed by atoms with van der Waals surface area (Å²) in [7, 11) is 0. The zero-order chi connectivity index (χ0) is 12.9. The van der Waals surface area contributed by atoms with E-state index in [9.17, 15) is 15.2 Å². The third-order valence-electron chi connectivity index (χ3n) is 3.46. The summed E-state index contributed by atoms with van der Waals surface area (Å²) >= 11 is 0. The summed E-state index contributed by atoms with van der Waals surface area (Å²) in [6.07, 6.45) is 4.02. The van der Waals surface area contributed by atoms with Crippen LogP contribution in [0.3, 0.4) is 0 Å². The Morgan fingerprint density at radius 2 is 2.00 bits per heavy atom. The first-order valence-corrected chi connectivity index (χ1v) is 6.39. The van der Waals surface area contributed by atoms with Crippen LogP contribution in [-0.4, -0.2) is 22.7 Å². The molecule has 1 amide bonds. The molecule has 0 spiro atoms. The number of carbonyl (C=O) groups excluding carboxylic acids is 1. The van der Waals surface area contributed by atoms with Gasteiger partial charge < -0.3 is 10.4 Å². The molecule has 17 heavy (non-hydrogen) atoms. The molecule has 4 nitrogen and oxygen atoms in total. The standard InChI is InChI=1S/C13H22N2O2/c1-10(2)11(16)8-12(17)15-13(9-14)6-4-3-5-7-13/h10-11,16H,3-8H2,1-2H3,(H,15,17). The van der Waals surface area contributed by atoms with Crippen LogP contribution in [0, 0.1) is 17.2 Å². The van der Waals surface area contributed by atoms with Crippen LogP contribution in [0.25, 0.3) is 0 Å². The fourth-order valence-corrected chi connectivity index (χ4v) is 2.16. The molecule has 1 atom stereocenters. The zero-order valence-corrected chi connectivity index (χ0v) is 10.7. The van der Waals surface area contributed by atoms with Crippen LogP contribution in [0.15, 0.2) is 0 Å². The molecule has 1 fully saturated rings. The van der Waals surface area contributed by atoms with Crippen molar-refractivity contribution in [1.29, 1.82) is 5.26 Å². The van der Waals surface area contributed by atoms with Crippen molar-refractivity contribution in [2.75, 3.05) is 0 Å². The van der Waals surface area contributed by atoms with Gasteiger partial charge in [0.15, 0.2) is 0 Å². The molecule has 0 bridgehead atoms. The van der Waals surface area contributed by atoms with Gasteiger partial charge in [0.2, 0.25) is 5.91 Å². The van der Waals surface area contributed by atoms with Crippen molar-refractivity contribution in [2.24, 2.45) is 5.92 Å². The third-order valence-corrected chi connectivity index (χ3v) is 3.46. The van der Waals surface area contributed by atoms with Crippen molar-refractivity contribution in [3.8, 4) is 6.07 Å². The van der Waals surface area contributed by atoms with Gasteiger partial charge in [-0.05, 0) is 18.8 Å². The molecule has 0 aromatic heterocycles. The van der Waals surface area contributed by atoms with E-state index in [2.05, 4.69) is 11.4 Å². The summed E-state index contributed by atoms with van der Waals surface area (Å²) in [5.41, 5.74) is -0.688. The minimum Gasteiger partial charge on any atom is -0.392 e. The lowest BCUT2D eigenvalue weighted by Crippen LogP contribution is -2.49. The van der Waals surface area contributed by atoms with Gasteiger partial charge in [0.25, 0.3) is 0 Å². The monoisotopic (exact) mass is 238 g/mol. The molecular weight excluding hydrogens is 216 g/mol. The van der Waals surface area contributed by atoms with Gasteiger partial charge in [-0.2, -0.15) is 5.26 Å². The normalized spacial score (nSPS) is 20.6. The van der Waals surface area contributed by atoms with Crippen molar-refractivity contribution in [2.45, 2.75) is 64.0 Å². The molecule has 1 aliphatic carbocycles. The molecule has 0 aromatic rings. The molecule has 0 aromatic carbocycles. The first-order chi connectivity index (χ1) is 7.99. The molecule has 4 heteroatoms. The van der Waals surface area contributed by atoms with E-state index >= 15 is 0 Å². The first kappa shape index (κ1) is 14.0. The highest BCUT2D eigenvalue weighted by molar-refractivity contribution is 5.77. The maximum absolute atomic E-state index is 11.8. The van der Waals surface area contributed by atoms with Gasteiger partial charge in [0, 0.05) is 0 Å². The Morgan fingerprint density at radius 3 is 2.47 bits per heavy atom. The highest BCUT2D eigenvalue weighted by atomic mass is 16.3. The van der Waals surface area contributed by atoms with Crippen LogP contribution in [0.1, 0.15) is 52.4 Å². The number of nitriles is 1. The van der Waals surface area contributed by atoms with Gasteiger partial charge in [0.05, 0.1) is 18.6 Å². The van der Waals surface area contributed by atoms with Crippen molar-refractivity contribution in [1.82, 2.24) is 5.32 Å². The Bertz CT molecular complexity index is 301. The van der Waals surface area contributed by atoms with Gasteiger partial charge >= 0.3 is 0 Å². The van der Waals surface area contributed by atoms with Crippen LogP contribution in [0.4, 0.5) is 0 Å². The van der Waals surface area contributed by atoms with E-state index in [1.165, 1.54) is 0 Å². The largest absolute Gasteiger partial charge is 0.392 e. The topological polar surface area (TPSA) is 73.1 Å². The fraction of sp³-hybridized carbons (Fsp3) is 0.846. The lowest BCUT2D eigenvalue weighted by Gasteiger charge is -2.32. The molecule has 0 heterocycles. The number of carbonyl (C=O) groups is 1. The van der Waals surface area contributed by atoms with E-state index in [0.717, 1.165) is 32.1 Å². The number of aliphatic hydroxyl groups is 1. The van der Waals surface area contributed by atoms with Crippen molar-refractivity contribution in [3.63, 3.8) is 0 Å². The quantitative estimate of drug-likeness (QED) is 0.783. The maximum Gasteiger partial charge on any atom is 0.223 e. The molecule has 2 N–H and O–H groups in total. The summed E-state index contributed by atoms with van der Waals surface area (Å²) in [5, 5.41) is 21.7. The van der Waals surface area contributed by atoms with E-state index in [0.29, 0.717) is 0 Å². The Labute approximate surface area is 103 Å². The number of hydrogen-bond donors (Lipinski definition) is 2. The minimum atomic E-state index is -0.688. The number of nitrogens with one attached hydrogen (secondary N) is 1. The number of amides is 1. The highest BCUT2D eigenvalue weighted by Gasteiger charge is 2.33. The molecule has 1 rings (SSSR count). The van der Waals surface area contributed by atoms with Crippen molar-refractivity contribution >= 4 is 5.91 Å². The highest BCUT2D eigenvalue weighted by Crippen LogP contribution is 2.27. The third kappa shape index (κ3) is 4.01. The predicted molar refractivity (Wildman–Crippen MR) is 65.0 cm³/mol. The Kier molecular flexibility index (Phi) is 4.95. The summed E-state index contributed by atoms with van der Waals surface area (Å²) in [4.78, 5) is 11.8. The van der Waals surface area contributed by atoms with Crippen LogP contribution < -0.4 is 5.32 Å². The number of nitrogens with zero attached hydrogens (tertiary/aromatic N) is 1. The second-order valence-corrected chi connectivity index (χ2v) is 5.32. The molecule has 0 saturated heterocycles. The smallest absolute Gasteiger partial charge is 0.223 e.